The number of ether oxygens (including phenoxy) is 1. The van der Waals surface area contributed by atoms with E-state index in [1.54, 1.807) is 0 Å². The van der Waals surface area contributed by atoms with Crippen LogP contribution in [0, 0.1) is 23.7 Å². The Bertz CT molecular complexity index is 223. The van der Waals surface area contributed by atoms with Crippen LogP contribution in [0.5, 0.6) is 0 Å². The standard InChI is InChI=1S/C13H23NO/c1-9(2)10-3-11-5-14(6-12(11)4-10)13-7-15-8-13/h9-13H,3-8H2,1-2H3/t10?,11-,12+. The Morgan fingerprint density at radius 2 is 1.67 bits per heavy atom. The smallest absolute Gasteiger partial charge is 0.0645 e. The summed E-state index contributed by atoms with van der Waals surface area (Å²) in [5.74, 6) is 3.94. The number of likely N-dealkylation sites (tertiary alicyclic amines) is 1. The fraction of sp³-hybridized carbons (Fsp3) is 1.00. The van der Waals surface area contributed by atoms with Crippen molar-refractivity contribution in [2.45, 2.75) is 32.7 Å². The van der Waals surface area contributed by atoms with E-state index in [9.17, 15) is 0 Å². The summed E-state index contributed by atoms with van der Waals surface area (Å²) in [5, 5.41) is 0. The molecule has 3 fully saturated rings. The Hall–Kier alpha value is -0.0800. The van der Waals surface area contributed by atoms with Gasteiger partial charge in [0.05, 0.1) is 19.3 Å². The van der Waals surface area contributed by atoms with E-state index in [4.69, 9.17) is 4.74 Å². The first-order chi connectivity index (χ1) is 7.24. The van der Waals surface area contributed by atoms with Gasteiger partial charge in [0.15, 0.2) is 0 Å². The van der Waals surface area contributed by atoms with Gasteiger partial charge in [0.1, 0.15) is 0 Å². The minimum atomic E-state index is 0.771. The summed E-state index contributed by atoms with van der Waals surface area (Å²) in [4.78, 5) is 2.69. The van der Waals surface area contributed by atoms with Crippen LogP contribution in [0.4, 0.5) is 0 Å². The summed E-state index contributed by atoms with van der Waals surface area (Å²) in [5.41, 5.74) is 0. The maximum absolute atomic E-state index is 5.29. The lowest BCUT2D eigenvalue weighted by Crippen LogP contribution is -2.48. The Labute approximate surface area is 93.0 Å². The van der Waals surface area contributed by atoms with Crippen molar-refractivity contribution in [3.8, 4) is 0 Å². The van der Waals surface area contributed by atoms with Gasteiger partial charge in [0.2, 0.25) is 0 Å². The van der Waals surface area contributed by atoms with E-state index >= 15 is 0 Å². The van der Waals surface area contributed by atoms with Gasteiger partial charge in [-0.15, -0.1) is 0 Å². The second kappa shape index (κ2) is 3.74. The van der Waals surface area contributed by atoms with Crippen LogP contribution in [0.2, 0.25) is 0 Å². The van der Waals surface area contributed by atoms with Crippen molar-refractivity contribution in [2.75, 3.05) is 26.3 Å². The van der Waals surface area contributed by atoms with E-state index in [1.165, 1.54) is 25.9 Å². The molecule has 1 aliphatic carbocycles. The number of fused-ring (bicyclic) bond motifs is 1. The molecule has 2 aliphatic heterocycles. The molecule has 2 heteroatoms. The molecule has 0 aromatic heterocycles. The van der Waals surface area contributed by atoms with E-state index in [2.05, 4.69) is 18.7 Å². The van der Waals surface area contributed by atoms with Gasteiger partial charge in [0, 0.05) is 13.1 Å². The Morgan fingerprint density at radius 1 is 1.07 bits per heavy atom. The van der Waals surface area contributed by atoms with Gasteiger partial charge in [-0.05, 0) is 36.5 Å². The zero-order chi connectivity index (χ0) is 10.4. The maximum Gasteiger partial charge on any atom is 0.0645 e. The van der Waals surface area contributed by atoms with Crippen molar-refractivity contribution in [3.63, 3.8) is 0 Å². The van der Waals surface area contributed by atoms with E-state index < -0.39 is 0 Å². The summed E-state index contributed by atoms with van der Waals surface area (Å²) < 4.78 is 5.29. The highest BCUT2D eigenvalue weighted by Crippen LogP contribution is 2.45. The number of hydrogen-bond donors (Lipinski definition) is 0. The van der Waals surface area contributed by atoms with Crippen molar-refractivity contribution in [2.24, 2.45) is 23.7 Å². The quantitative estimate of drug-likeness (QED) is 0.689. The van der Waals surface area contributed by atoms with E-state index in [1.807, 2.05) is 0 Å². The highest BCUT2D eigenvalue weighted by Gasteiger charge is 2.44. The van der Waals surface area contributed by atoms with Crippen LogP contribution < -0.4 is 0 Å². The first kappa shape index (κ1) is 10.1. The lowest BCUT2D eigenvalue weighted by Gasteiger charge is -2.35. The van der Waals surface area contributed by atoms with Gasteiger partial charge in [-0.2, -0.15) is 0 Å². The Balaban J connectivity index is 1.56. The van der Waals surface area contributed by atoms with Crippen LogP contribution in [0.3, 0.4) is 0 Å². The van der Waals surface area contributed by atoms with Crippen LogP contribution in [-0.2, 0) is 4.74 Å². The van der Waals surface area contributed by atoms with Gasteiger partial charge in [-0.1, -0.05) is 13.8 Å². The van der Waals surface area contributed by atoms with Crippen LogP contribution in [0.25, 0.3) is 0 Å². The minimum absolute atomic E-state index is 0.771. The van der Waals surface area contributed by atoms with Crippen LogP contribution in [0.15, 0.2) is 0 Å². The van der Waals surface area contributed by atoms with Gasteiger partial charge in [0.25, 0.3) is 0 Å². The maximum atomic E-state index is 5.29. The van der Waals surface area contributed by atoms with Gasteiger partial charge in [-0.3, -0.25) is 4.90 Å². The third kappa shape index (κ3) is 1.72. The normalized spacial score (nSPS) is 42.2. The van der Waals surface area contributed by atoms with Crippen LogP contribution >= 0.6 is 0 Å². The molecule has 0 spiro atoms. The molecule has 0 aromatic carbocycles. The predicted octanol–water partition coefficient (Wildman–Crippen LogP) is 2.00. The fourth-order valence-electron chi connectivity index (χ4n) is 3.66. The zero-order valence-corrected chi connectivity index (χ0v) is 9.98. The summed E-state index contributed by atoms with van der Waals surface area (Å²) in [6, 6.07) is 0.771. The second-order valence-electron chi connectivity index (χ2n) is 6.14. The molecule has 1 unspecified atom stereocenters. The van der Waals surface area contributed by atoms with E-state index in [0.29, 0.717) is 0 Å². The van der Waals surface area contributed by atoms with Gasteiger partial charge in [-0.25, -0.2) is 0 Å². The monoisotopic (exact) mass is 209 g/mol. The van der Waals surface area contributed by atoms with Crippen molar-refractivity contribution in [3.05, 3.63) is 0 Å². The Kier molecular flexibility index (Phi) is 2.52. The zero-order valence-electron chi connectivity index (χ0n) is 9.98. The first-order valence-corrected chi connectivity index (χ1v) is 6.56. The molecule has 3 rings (SSSR count). The molecule has 86 valence electrons. The summed E-state index contributed by atoms with van der Waals surface area (Å²) in [7, 11) is 0. The molecule has 2 saturated heterocycles. The minimum Gasteiger partial charge on any atom is -0.378 e. The molecular weight excluding hydrogens is 186 g/mol. The molecule has 2 heterocycles. The predicted molar refractivity (Wildman–Crippen MR) is 60.7 cm³/mol. The molecule has 1 saturated carbocycles. The molecule has 0 N–H and O–H groups in total. The van der Waals surface area contributed by atoms with Gasteiger partial charge < -0.3 is 4.74 Å². The SMILES string of the molecule is CC(C)C1C[C@@H]2CN(C3COC3)C[C@@H]2C1. The average molecular weight is 209 g/mol. The van der Waals surface area contributed by atoms with Crippen LogP contribution in [0.1, 0.15) is 26.7 Å². The second-order valence-corrected chi connectivity index (χ2v) is 6.14. The highest BCUT2D eigenvalue weighted by molar-refractivity contribution is 4.95. The van der Waals surface area contributed by atoms with Crippen LogP contribution in [-0.4, -0.2) is 37.2 Å². The number of rotatable bonds is 2. The summed E-state index contributed by atoms with van der Waals surface area (Å²) >= 11 is 0. The van der Waals surface area contributed by atoms with Gasteiger partial charge >= 0.3 is 0 Å². The summed E-state index contributed by atoms with van der Waals surface area (Å²) in [6.07, 6.45) is 2.98. The molecule has 3 aliphatic rings. The average Bonchev–Trinajstić information content (AvgIpc) is 2.56. The first-order valence-electron chi connectivity index (χ1n) is 6.56. The lowest BCUT2D eigenvalue weighted by molar-refractivity contribution is -0.0598. The number of hydrogen-bond acceptors (Lipinski definition) is 2. The van der Waals surface area contributed by atoms with Crippen molar-refractivity contribution >= 4 is 0 Å². The lowest BCUT2D eigenvalue weighted by atomic mass is 9.93. The largest absolute Gasteiger partial charge is 0.378 e. The third-order valence-electron chi connectivity index (χ3n) is 4.90. The third-order valence-corrected chi connectivity index (χ3v) is 4.90. The molecule has 15 heavy (non-hydrogen) atoms. The topological polar surface area (TPSA) is 12.5 Å². The highest BCUT2D eigenvalue weighted by atomic mass is 16.5. The number of nitrogens with zero attached hydrogens (tertiary/aromatic N) is 1. The molecule has 0 aromatic rings. The molecule has 0 amide bonds. The molecule has 0 radical (unpaired) electrons. The fourth-order valence-corrected chi connectivity index (χ4v) is 3.66. The molecule has 2 nitrogen and oxygen atoms in total. The van der Waals surface area contributed by atoms with Crippen molar-refractivity contribution in [1.29, 1.82) is 0 Å². The van der Waals surface area contributed by atoms with Crippen molar-refractivity contribution < 1.29 is 4.74 Å². The van der Waals surface area contributed by atoms with Crippen molar-refractivity contribution in [1.82, 2.24) is 4.90 Å². The van der Waals surface area contributed by atoms with E-state index in [-0.39, 0.29) is 0 Å². The molecule has 0 bridgehead atoms. The molecule has 3 atom stereocenters. The summed E-state index contributed by atoms with van der Waals surface area (Å²) in [6.45, 7) is 9.50. The molecular formula is C13H23NO. The van der Waals surface area contributed by atoms with E-state index in [0.717, 1.165) is 42.9 Å². The Morgan fingerprint density at radius 3 is 2.07 bits per heavy atom.